The number of hydrogen-bond acceptors (Lipinski definition) is 3. The fourth-order valence-corrected chi connectivity index (χ4v) is 1.98. The van der Waals surface area contributed by atoms with Crippen LogP contribution >= 0.6 is 0 Å². The van der Waals surface area contributed by atoms with E-state index in [0.29, 0.717) is 13.0 Å². The average molecular weight is 272 g/mol. The first-order valence-corrected chi connectivity index (χ1v) is 6.79. The average Bonchev–Trinajstić information content (AvgIpc) is 2.53. The molecule has 0 saturated carbocycles. The summed E-state index contributed by atoms with van der Waals surface area (Å²) in [7, 11) is 0. The summed E-state index contributed by atoms with van der Waals surface area (Å²) in [5.74, 6) is 0.777. The maximum Gasteiger partial charge on any atom is 0.119 e. The van der Waals surface area contributed by atoms with Gasteiger partial charge in [-0.05, 0) is 29.7 Å². The minimum absolute atomic E-state index is 0.00930. The molecule has 20 heavy (non-hydrogen) atoms. The van der Waals surface area contributed by atoms with E-state index < -0.39 is 0 Å². The van der Waals surface area contributed by atoms with Crippen molar-refractivity contribution in [1.82, 2.24) is 0 Å². The number of para-hydroxylation sites is 1. The normalized spacial score (nSPS) is 10.8. The predicted molar refractivity (Wildman–Crippen MR) is 78.6 cm³/mol. The molecule has 0 radical (unpaired) electrons. The summed E-state index contributed by atoms with van der Waals surface area (Å²) in [5.41, 5.74) is 2.21. The van der Waals surface area contributed by atoms with Crippen LogP contribution in [0.2, 0.25) is 0 Å². The first-order valence-electron chi connectivity index (χ1n) is 6.79. The lowest BCUT2D eigenvalue weighted by Gasteiger charge is -2.11. The third kappa shape index (κ3) is 4.37. The summed E-state index contributed by atoms with van der Waals surface area (Å²) in [6, 6.07) is 17.8. The molecular formula is C17H20O3. The molecule has 106 valence electrons. The summed E-state index contributed by atoms with van der Waals surface area (Å²) in [6.45, 7) is 0.554. The third-order valence-electron chi connectivity index (χ3n) is 3.21. The molecule has 0 amide bonds. The van der Waals surface area contributed by atoms with Crippen molar-refractivity contribution >= 4 is 0 Å². The van der Waals surface area contributed by atoms with Crippen LogP contribution < -0.4 is 4.74 Å². The largest absolute Gasteiger partial charge is 0.489 e. The van der Waals surface area contributed by atoms with Crippen molar-refractivity contribution < 1.29 is 14.9 Å². The molecule has 3 nitrogen and oxygen atoms in total. The quantitative estimate of drug-likeness (QED) is 0.813. The van der Waals surface area contributed by atoms with Gasteiger partial charge in [-0.2, -0.15) is 0 Å². The van der Waals surface area contributed by atoms with Gasteiger partial charge in [0.2, 0.25) is 0 Å². The molecule has 0 aliphatic heterocycles. The van der Waals surface area contributed by atoms with Crippen molar-refractivity contribution in [1.29, 1.82) is 0 Å². The van der Waals surface area contributed by atoms with E-state index in [1.807, 2.05) is 54.6 Å². The van der Waals surface area contributed by atoms with E-state index in [9.17, 15) is 0 Å². The molecule has 0 atom stereocenters. The molecular weight excluding hydrogens is 252 g/mol. The number of aliphatic hydroxyl groups excluding tert-OH is 2. The molecule has 3 heteroatoms. The highest BCUT2D eigenvalue weighted by molar-refractivity contribution is 5.25. The summed E-state index contributed by atoms with van der Waals surface area (Å²) in [6.07, 6.45) is 0.687. The summed E-state index contributed by atoms with van der Waals surface area (Å²) >= 11 is 0. The van der Waals surface area contributed by atoms with Crippen LogP contribution in [0.25, 0.3) is 0 Å². The van der Waals surface area contributed by atoms with Crippen LogP contribution in [-0.2, 0) is 13.0 Å². The van der Waals surface area contributed by atoms with Crippen LogP contribution in [0, 0.1) is 5.92 Å². The fraction of sp³-hybridized carbons (Fsp3) is 0.294. The zero-order chi connectivity index (χ0) is 14.2. The zero-order valence-corrected chi connectivity index (χ0v) is 11.4. The predicted octanol–water partition coefficient (Wildman–Crippen LogP) is 2.41. The van der Waals surface area contributed by atoms with Gasteiger partial charge in [-0.1, -0.05) is 42.5 Å². The second-order valence-corrected chi connectivity index (χ2v) is 4.85. The van der Waals surface area contributed by atoms with E-state index in [4.69, 9.17) is 14.9 Å². The smallest absolute Gasteiger partial charge is 0.119 e. The molecule has 0 spiro atoms. The second-order valence-electron chi connectivity index (χ2n) is 4.85. The van der Waals surface area contributed by atoms with Crippen molar-refractivity contribution in [3.8, 4) is 5.75 Å². The van der Waals surface area contributed by atoms with Gasteiger partial charge in [0, 0.05) is 19.1 Å². The number of rotatable bonds is 7. The Hall–Kier alpha value is -1.84. The van der Waals surface area contributed by atoms with Gasteiger partial charge in [-0.25, -0.2) is 0 Å². The van der Waals surface area contributed by atoms with Crippen molar-refractivity contribution in [2.45, 2.75) is 13.0 Å². The maximum absolute atomic E-state index is 9.07. The third-order valence-corrected chi connectivity index (χ3v) is 3.21. The van der Waals surface area contributed by atoms with Gasteiger partial charge in [-0.15, -0.1) is 0 Å². The van der Waals surface area contributed by atoms with Crippen molar-refractivity contribution in [3.63, 3.8) is 0 Å². The maximum atomic E-state index is 9.07. The highest BCUT2D eigenvalue weighted by Gasteiger charge is 2.06. The summed E-state index contributed by atoms with van der Waals surface area (Å²) in [4.78, 5) is 0. The highest BCUT2D eigenvalue weighted by Crippen LogP contribution is 2.14. The molecule has 2 rings (SSSR count). The molecule has 0 aliphatic carbocycles. The number of benzene rings is 2. The molecule has 2 N–H and O–H groups in total. The van der Waals surface area contributed by atoms with Gasteiger partial charge < -0.3 is 14.9 Å². The Morgan fingerprint density at radius 1 is 0.800 bits per heavy atom. The van der Waals surface area contributed by atoms with E-state index in [0.717, 1.165) is 16.9 Å². The van der Waals surface area contributed by atoms with Gasteiger partial charge in [0.15, 0.2) is 0 Å². The summed E-state index contributed by atoms with van der Waals surface area (Å²) in [5, 5.41) is 18.1. The lowest BCUT2D eigenvalue weighted by molar-refractivity contribution is 0.150. The molecule has 0 unspecified atom stereocenters. The van der Waals surface area contributed by atoms with Crippen LogP contribution in [0.5, 0.6) is 5.75 Å². The van der Waals surface area contributed by atoms with Gasteiger partial charge in [-0.3, -0.25) is 0 Å². The SMILES string of the molecule is OCC(CO)Cc1ccc(COc2ccccc2)cc1. The van der Waals surface area contributed by atoms with Crippen molar-refractivity contribution in [2.24, 2.45) is 5.92 Å². The monoisotopic (exact) mass is 272 g/mol. The number of aliphatic hydroxyl groups is 2. The second kappa shape index (κ2) is 7.68. The Morgan fingerprint density at radius 2 is 1.40 bits per heavy atom. The molecule has 0 aromatic heterocycles. The van der Waals surface area contributed by atoms with E-state index in [-0.39, 0.29) is 19.1 Å². The Kier molecular flexibility index (Phi) is 5.59. The summed E-state index contributed by atoms with van der Waals surface area (Å²) < 4.78 is 5.68. The van der Waals surface area contributed by atoms with Crippen molar-refractivity contribution in [2.75, 3.05) is 13.2 Å². The molecule has 0 heterocycles. The Balaban J connectivity index is 1.88. The van der Waals surface area contributed by atoms with Crippen LogP contribution in [0.15, 0.2) is 54.6 Å². The Labute approximate surface area is 119 Å². The Morgan fingerprint density at radius 3 is 2.00 bits per heavy atom. The van der Waals surface area contributed by atoms with Gasteiger partial charge in [0.25, 0.3) is 0 Å². The van der Waals surface area contributed by atoms with E-state index in [1.165, 1.54) is 0 Å². The zero-order valence-electron chi connectivity index (χ0n) is 11.4. The molecule has 0 saturated heterocycles. The molecule has 0 bridgehead atoms. The molecule has 2 aromatic rings. The molecule has 0 fully saturated rings. The highest BCUT2D eigenvalue weighted by atomic mass is 16.5. The molecule has 0 aliphatic rings. The lowest BCUT2D eigenvalue weighted by Crippen LogP contribution is -2.13. The van der Waals surface area contributed by atoms with Crippen LogP contribution in [0.1, 0.15) is 11.1 Å². The van der Waals surface area contributed by atoms with E-state index >= 15 is 0 Å². The van der Waals surface area contributed by atoms with Crippen LogP contribution in [0.4, 0.5) is 0 Å². The van der Waals surface area contributed by atoms with Crippen LogP contribution in [-0.4, -0.2) is 23.4 Å². The first-order chi connectivity index (χ1) is 9.81. The lowest BCUT2D eigenvalue weighted by atomic mass is 10.00. The Bertz CT molecular complexity index is 489. The van der Waals surface area contributed by atoms with Gasteiger partial charge >= 0.3 is 0 Å². The minimum Gasteiger partial charge on any atom is -0.489 e. The minimum atomic E-state index is -0.0820. The van der Waals surface area contributed by atoms with E-state index in [1.54, 1.807) is 0 Å². The van der Waals surface area contributed by atoms with Gasteiger partial charge in [0.05, 0.1) is 0 Å². The number of ether oxygens (including phenoxy) is 1. The molecule has 2 aromatic carbocycles. The first kappa shape index (κ1) is 14.6. The van der Waals surface area contributed by atoms with Crippen LogP contribution in [0.3, 0.4) is 0 Å². The standard InChI is InChI=1S/C17H20O3/c18-11-16(12-19)10-14-6-8-15(9-7-14)13-20-17-4-2-1-3-5-17/h1-9,16,18-19H,10-13H2. The topological polar surface area (TPSA) is 49.7 Å². The van der Waals surface area contributed by atoms with E-state index in [2.05, 4.69) is 0 Å². The number of hydrogen-bond donors (Lipinski definition) is 2. The van der Waals surface area contributed by atoms with Crippen molar-refractivity contribution in [3.05, 3.63) is 65.7 Å². The fourth-order valence-electron chi connectivity index (χ4n) is 1.98. The van der Waals surface area contributed by atoms with Gasteiger partial charge in [0.1, 0.15) is 12.4 Å².